The lowest BCUT2D eigenvalue weighted by atomic mass is 10.2. The summed E-state index contributed by atoms with van der Waals surface area (Å²) in [5.41, 5.74) is 0.0998. The predicted octanol–water partition coefficient (Wildman–Crippen LogP) is 2.61. The molecule has 138 valence electrons. The highest BCUT2D eigenvalue weighted by atomic mass is 32.1. The molecule has 0 radical (unpaired) electrons. The summed E-state index contributed by atoms with van der Waals surface area (Å²) < 4.78 is 33.1. The minimum absolute atomic E-state index is 0.130. The number of nitrogens with zero attached hydrogens (tertiary/aromatic N) is 4. The van der Waals surface area contributed by atoms with E-state index in [1.54, 1.807) is 12.0 Å². The second-order valence-corrected chi connectivity index (χ2v) is 7.04. The van der Waals surface area contributed by atoms with Crippen LogP contribution in [0.5, 0.6) is 0 Å². The molecule has 1 atom stereocenters. The molecule has 0 spiro atoms. The Morgan fingerprint density at radius 3 is 2.96 bits per heavy atom. The van der Waals surface area contributed by atoms with Gasteiger partial charge in [-0.1, -0.05) is 24.7 Å². The summed E-state index contributed by atoms with van der Waals surface area (Å²) in [6, 6.07) is -0.0127. The van der Waals surface area contributed by atoms with Gasteiger partial charge >= 0.3 is 6.03 Å². The number of carbonyl (C=O) groups excluding carboxylic acids is 1. The summed E-state index contributed by atoms with van der Waals surface area (Å²) in [5, 5.41) is 7.90. The van der Waals surface area contributed by atoms with Crippen LogP contribution in [0.4, 0.5) is 13.6 Å². The number of imidazole rings is 1. The number of ether oxygens (including phenoxy) is 1. The van der Waals surface area contributed by atoms with Crippen LogP contribution >= 0.6 is 11.3 Å². The van der Waals surface area contributed by atoms with E-state index in [-0.39, 0.29) is 24.2 Å². The highest BCUT2D eigenvalue weighted by Crippen LogP contribution is 2.27. The maximum atomic E-state index is 13.3. The number of hydrogen-bond donors (Lipinski definition) is 1. The molecule has 2 aromatic heterocycles. The van der Waals surface area contributed by atoms with Crippen LogP contribution in [0.1, 0.15) is 42.6 Å². The van der Waals surface area contributed by atoms with E-state index in [1.165, 1.54) is 15.9 Å². The summed E-state index contributed by atoms with van der Waals surface area (Å²) in [5.74, 6) is 0. The van der Waals surface area contributed by atoms with Crippen molar-refractivity contribution < 1.29 is 18.3 Å². The number of amides is 2. The molecule has 1 fully saturated rings. The zero-order valence-corrected chi connectivity index (χ0v) is 15.0. The number of rotatable bonds is 8. The quantitative estimate of drug-likeness (QED) is 0.772. The maximum absolute atomic E-state index is 13.3. The van der Waals surface area contributed by atoms with E-state index in [1.807, 2.05) is 0 Å². The fraction of sp³-hybridized carbons (Fsp3) is 0.667. The van der Waals surface area contributed by atoms with Gasteiger partial charge in [-0.3, -0.25) is 0 Å². The van der Waals surface area contributed by atoms with Crippen LogP contribution in [0.15, 0.2) is 0 Å². The number of nitrogens with one attached hydrogen (secondary N) is 1. The van der Waals surface area contributed by atoms with Crippen LogP contribution in [0.25, 0.3) is 4.96 Å². The molecule has 2 amide bonds. The van der Waals surface area contributed by atoms with Crippen molar-refractivity contribution in [2.45, 2.75) is 45.3 Å². The summed E-state index contributed by atoms with van der Waals surface area (Å²) in [6.45, 7) is 3.33. The van der Waals surface area contributed by atoms with E-state index in [4.69, 9.17) is 4.74 Å². The van der Waals surface area contributed by atoms with Crippen molar-refractivity contribution in [2.24, 2.45) is 0 Å². The first-order chi connectivity index (χ1) is 12.0. The molecule has 0 bridgehead atoms. The van der Waals surface area contributed by atoms with Crippen molar-refractivity contribution in [1.29, 1.82) is 0 Å². The Bertz CT molecular complexity index is 748. The molecule has 10 heteroatoms. The van der Waals surface area contributed by atoms with Crippen molar-refractivity contribution in [3.8, 4) is 0 Å². The number of carbonyl (C=O) groups is 1. The van der Waals surface area contributed by atoms with Crippen LogP contribution in [0, 0.1) is 0 Å². The van der Waals surface area contributed by atoms with Gasteiger partial charge in [0.15, 0.2) is 0 Å². The lowest BCUT2D eigenvalue weighted by molar-refractivity contribution is 0.145. The molecular weight excluding hydrogens is 352 g/mol. The fourth-order valence-corrected chi connectivity index (χ4v) is 3.93. The summed E-state index contributed by atoms with van der Waals surface area (Å²) >= 11 is 1.23. The minimum Gasteiger partial charge on any atom is -0.377 e. The topological polar surface area (TPSA) is 71.8 Å². The second kappa shape index (κ2) is 7.61. The monoisotopic (exact) mass is 373 g/mol. The number of aromatic nitrogens is 3. The molecule has 0 unspecified atom stereocenters. The maximum Gasteiger partial charge on any atom is 0.317 e. The molecule has 1 aliphatic heterocycles. The normalized spacial score (nSPS) is 17.9. The molecule has 3 rings (SSSR count). The van der Waals surface area contributed by atoms with E-state index in [2.05, 4.69) is 22.3 Å². The summed E-state index contributed by atoms with van der Waals surface area (Å²) in [6.07, 6.45) is -0.495. The predicted molar refractivity (Wildman–Crippen MR) is 89.0 cm³/mol. The van der Waals surface area contributed by atoms with Crippen molar-refractivity contribution in [3.63, 3.8) is 0 Å². The number of urea groups is 1. The van der Waals surface area contributed by atoms with Gasteiger partial charge in [0.05, 0.1) is 12.3 Å². The fourth-order valence-electron chi connectivity index (χ4n) is 3.04. The highest BCUT2D eigenvalue weighted by Gasteiger charge is 2.29. The van der Waals surface area contributed by atoms with Crippen LogP contribution in [0.2, 0.25) is 0 Å². The van der Waals surface area contributed by atoms with Gasteiger partial charge in [0.25, 0.3) is 6.43 Å². The van der Waals surface area contributed by atoms with Gasteiger partial charge in [0.1, 0.15) is 10.7 Å². The standard InChI is InChI=1S/C15H21F2N5O2S/c1-3-4-9-7-21(14(23)18-9)6-5-10-12(13(16)17)19-15-22(10)20-11(25-15)8-24-2/h9,13H,3-8H2,1-2H3,(H,18,23)/t9-/m1/s1. The first kappa shape index (κ1) is 18.0. The Morgan fingerprint density at radius 2 is 2.28 bits per heavy atom. The molecule has 0 aliphatic carbocycles. The van der Waals surface area contributed by atoms with Gasteiger partial charge < -0.3 is 15.0 Å². The van der Waals surface area contributed by atoms with Crippen molar-refractivity contribution in [2.75, 3.05) is 20.2 Å². The zero-order chi connectivity index (χ0) is 18.0. The first-order valence-electron chi connectivity index (χ1n) is 8.23. The van der Waals surface area contributed by atoms with E-state index in [0.717, 1.165) is 12.8 Å². The van der Waals surface area contributed by atoms with Gasteiger partial charge in [-0.2, -0.15) is 5.10 Å². The second-order valence-electron chi connectivity index (χ2n) is 6.00. The summed E-state index contributed by atoms with van der Waals surface area (Å²) in [4.78, 5) is 18.1. The van der Waals surface area contributed by atoms with Crippen molar-refractivity contribution >= 4 is 22.3 Å². The average Bonchev–Trinajstić information content (AvgIpc) is 3.19. The number of halogens is 2. The first-order valence-corrected chi connectivity index (χ1v) is 9.04. The Hall–Kier alpha value is -1.81. The smallest absolute Gasteiger partial charge is 0.317 e. The molecule has 1 aliphatic rings. The molecule has 1 saturated heterocycles. The number of alkyl halides is 2. The Labute approximate surface area is 148 Å². The molecule has 0 aromatic carbocycles. The number of fused-ring (bicyclic) bond motifs is 1. The lowest BCUT2D eigenvalue weighted by Gasteiger charge is -2.14. The van der Waals surface area contributed by atoms with Gasteiger partial charge in [-0.05, 0) is 6.42 Å². The van der Waals surface area contributed by atoms with E-state index >= 15 is 0 Å². The number of methoxy groups -OCH3 is 1. The Kier molecular flexibility index (Phi) is 5.48. The molecular formula is C15H21F2N5O2S. The van der Waals surface area contributed by atoms with Gasteiger partial charge in [0.2, 0.25) is 4.96 Å². The van der Waals surface area contributed by atoms with Crippen LogP contribution in [-0.2, 0) is 17.8 Å². The van der Waals surface area contributed by atoms with E-state index < -0.39 is 6.43 Å². The Balaban J connectivity index is 1.77. The molecule has 7 nitrogen and oxygen atoms in total. The molecule has 25 heavy (non-hydrogen) atoms. The van der Waals surface area contributed by atoms with Crippen LogP contribution in [0.3, 0.4) is 0 Å². The average molecular weight is 373 g/mol. The largest absolute Gasteiger partial charge is 0.377 e. The van der Waals surface area contributed by atoms with E-state index in [9.17, 15) is 13.6 Å². The zero-order valence-electron chi connectivity index (χ0n) is 14.2. The van der Waals surface area contributed by atoms with Crippen molar-refractivity contribution in [1.82, 2.24) is 24.8 Å². The van der Waals surface area contributed by atoms with Gasteiger partial charge in [-0.25, -0.2) is 23.1 Å². The Morgan fingerprint density at radius 1 is 1.48 bits per heavy atom. The van der Waals surface area contributed by atoms with Crippen LogP contribution in [-0.4, -0.2) is 51.8 Å². The third-order valence-electron chi connectivity index (χ3n) is 4.16. The molecule has 1 N–H and O–H groups in total. The highest BCUT2D eigenvalue weighted by molar-refractivity contribution is 7.16. The third kappa shape index (κ3) is 3.74. The van der Waals surface area contributed by atoms with Crippen LogP contribution < -0.4 is 5.32 Å². The van der Waals surface area contributed by atoms with Gasteiger partial charge in [0, 0.05) is 32.7 Å². The van der Waals surface area contributed by atoms with Gasteiger partial charge in [-0.15, -0.1) is 0 Å². The lowest BCUT2D eigenvalue weighted by Crippen LogP contribution is -2.30. The van der Waals surface area contributed by atoms with Crippen molar-refractivity contribution in [3.05, 3.63) is 16.4 Å². The SMILES string of the molecule is CCC[C@@H]1CN(CCc2c(C(F)F)nc3sc(COC)nn23)C(=O)N1. The van der Waals surface area contributed by atoms with E-state index in [0.29, 0.717) is 35.4 Å². The molecule has 0 saturated carbocycles. The third-order valence-corrected chi connectivity index (χ3v) is 5.04. The molecule has 3 heterocycles. The molecule has 2 aromatic rings. The summed E-state index contributed by atoms with van der Waals surface area (Å²) in [7, 11) is 1.55. The number of hydrogen-bond acceptors (Lipinski definition) is 5. The minimum atomic E-state index is -2.67.